The van der Waals surface area contributed by atoms with E-state index < -0.39 is 0 Å². The number of Topliss-reactive ketones (excluding diaryl/α,β-unsaturated/α-hetero) is 2. The lowest BCUT2D eigenvalue weighted by Crippen LogP contribution is -2.15. The van der Waals surface area contributed by atoms with Crippen LogP contribution in [0, 0.1) is 0 Å². The third-order valence-electron chi connectivity index (χ3n) is 3.55. The molecule has 2 rings (SSSR count). The number of pyridine rings is 2. The van der Waals surface area contributed by atoms with Gasteiger partial charge >= 0.3 is 0 Å². The van der Waals surface area contributed by atoms with Crippen LogP contribution >= 0.6 is 39.5 Å². The summed E-state index contributed by atoms with van der Waals surface area (Å²) < 4.78 is 0.180. The van der Waals surface area contributed by atoms with Gasteiger partial charge in [-0.05, 0) is 31.2 Å². The fourth-order valence-electron chi connectivity index (χ4n) is 2.36. The maximum atomic E-state index is 11.9. The molecule has 7 heteroatoms. The number of halogens is 1. The topological polar surface area (TPSA) is 59.9 Å². The SMILES string of the molecule is CC(Br)C(=O)c1ncccc1SC(C)(C)C.CCC(=O)c1ncccc1SC(C)(C)C. The second-order valence-electron chi connectivity index (χ2n) is 8.89. The lowest BCUT2D eigenvalue weighted by molar-refractivity contribution is 0.0975. The Bertz CT molecular complexity index is 888. The third kappa shape index (κ3) is 10.3. The minimum absolute atomic E-state index is 0.0346. The number of carbonyl (C=O) groups is 2. The Labute approximate surface area is 203 Å². The Hall–Kier alpha value is -1.18. The zero-order chi connectivity index (χ0) is 23.8. The van der Waals surface area contributed by atoms with Crippen molar-refractivity contribution in [3.8, 4) is 0 Å². The number of nitrogens with zero attached hydrogens (tertiary/aromatic N) is 2. The van der Waals surface area contributed by atoms with Crippen molar-refractivity contribution in [3.63, 3.8) is 0 Å². The molecule has 2 heterocycles. The highest BCUT2D eigenvalue weighted by molar-refractivity contribution is 9.10. The summed E-state index contributed by atoms with van der Waals surface area (Å²) in [4.78, 5) is 33.7. The molecule has 1 atom stereocenters. The Morgan fingerprint density at radius 2 is 1.32 bits per heavy atom. The summed E-state index contributed by atoms with van der Waals surface area (Å²) >= 11 is 6.65. The first-order valence-corrected chi connectivity index (χ1v) is 12.8. The number of ketones is 2. The Kier molecular flexibility index (Phi) is 10.9. The summed E-state index contributed by atoms with van der Waals surface area (Å²) in [6, 6.07) is 7.65. The van der Waals surface area contributed by atoms with Crippen LogP contribution < -0.4 is 0 Å². The molecule has 0 spiro atoms. The zero-order valence-corrected chi connectivity index (χ0v) is 22.9. The zero-order valence-electron chi connectivity index (χ0n) is 19.7. The molecule has 0 aliphatic heterocycles. The van der Waals surface area contributed by atoms with Gasteiger partial charge in [0, 0.05) is 38.1 Å². The summed E-state index contributed by atoms with van der Waals surface area (Å²) in [5.74, 6) is 0.148. The van der Waals surface area contributed by atoms with Crippen LogP contribution in [0.2, 0.25) is 0 Å². The third-order valence-corrected chi connectivity index (χ3v) is 6.29. The average Bonchev–Trinajstić information content (AvgIpc) is 2.65. The first-order valence-electron chi connectivity index (χ1n) is 10.2. The molecular weight excluding hydrogens is 492 g/mol. The smallest absolute Gasteiger partial charge is 0.195 e. The Morgan fingerprint density at radius 1 is 0.903 bits per heavy atom. The molecule has 0 fully saturated rings. The Morgan fingerprint density at radius 3 is 1.71 bits per heavy atom. The molecule has 31 heavy (non-hydrogen) atoms. The average molecular weight is 526 g/mol. The second-order valence-corrected chi connectivity index (χ2v) is 14.0. The van der Waals surface area contributed by atoms with Crippen molar-refractivity contribution >= 4 is 51.0 Å². The minimum Gasteiger partial charge on any atom is -0.292 e. The van der Waals surface area contributed by atoms with E-state index >= 15 is 0 Å². The van der Waals surface area contributed by atoms with E-state index in [1.807, 2.05) is 38.1 Å². The van der Waals surface area contributed by atoms with Crippen LogP contribution in [0.25, 0.3) is 0 Å². The van der Waals surface area contributed by atoms with Gasteiger partial charge in [0.1, 0.15) is 11.4 Å². The van der Waals surface area contributed by atoms with Crippen LogP contribution in [0.3, 0.4) is 0 Å². The van der Waals surface area contributed by atoms with Crippen molar-refractivity contribution in [2.75, 3.05) is 0 Å². The molecular formula is C24H33BrN2O2S2. The van der Waals surface area contributed by atoms with Crippen molar-refractivity contribution < 1.29 is 9.59 Å². The lowest BCUT2D eigenvalue weighted by atomic mass is 10.2. The van der Waals surface area contributed by atoms with Crippen LogP contribution in [0.5, 0.6) is 0 Å². The van der Waals surface area contributed by atoms with E-state index in [0.717, 1.165) is 9.79 Å². The van der Waals surface area contributed by atoms with Gasteiger partial charge < -0.3 is 0 Å². The summed E-state index contributed by atoms with van der Waals surface area (Å²) in [5.41, 5.74) is 1.17. The molecule has 0 amide bonds. The molecule has 0 saturated carbocycles. The molecule has 0 aromatic carbocycles. The molecule has 2 aromatic heterocycles. The van der Waals surface area contributed by atoms with Gasteiger partial charge in [-0.25, -0.2) is 0 Å². The number of aromatic nitrogens is 2. The van der Waals surface area contributed by atoms with E-state index in [2.05, 4.69) is 67.4 Å². The van der Waals surface area contributed by atoms with Gasteiger partial charge in [0.2, 0.25) is 0 Å². The van der Waals surface area contributed by atoms with E-state index in [4.69, 9.17) is 0 Å². The normalized spacial score (nSPS) is 12.5. The molecule has 0 bridgehead atoms. The molecule has 0 saturated heterocycles. The van der Waals surface area contributed by atoms with Crippen molar-refractivity contribution in [3.05, 3.63) is 48.0 Å². The molecule has 4 nitrogen and oxygen atoms in total. The predicted octanol–water partition coefficient (Wildman–Crippen LogP) is 7.50. The van der Waals surface area contributed by atoms with Gasteiger partial charge in [-0.1, -0.05) is 64.4 Å². The fourth-order valence-corrected chi connectivity index (χ4v) is 4.70. The van der Waals surface area contributed by atoms with E-state index in [1.54, 1.807) is 35.9 Å². The van der Waals surface area contributed by atoms with Gasteiger partial charge in [-0.2, -0.15) is 0 Å². The number of hydrogen-bond acceptors (Lipinski definition) is 6. The molecule has 0 aliphatic carbocycles. The molecule has 2 aromatic rings. The van der Waals surface area contributed by atoms with E-state index in [1.165, 1.54) is 0 Å². The van der Waals surface area contributed by atoms with E-state index in [0.29, 0.717) is 17.8 Å². The lowest BCUT2D eigenvalue weighted by Gasteiger charge is -2.19. The van der Waals surface area contributed by atoms with E-state index in [-0.39, 0.29) is 25.9 Å². The fraction of sp³-hybridized carbons (Fsp3) is 0.500. The van der Waals surface area contributed by atoms with Crippen molar-refractivity contribution in [2.45, 2.75) is 85.9 Å². The quantitative estimate of drug-likeness (QED) is 0.221. The number of rotatable bonds is 6. The second kappa shape index (κ2) is 12.2. The summed E-state index contributed by atoms with van der Waals surface area (Å²) in [5, 5.41) is 0. The molecule has 0 aliphatic rings. The molecule has 1 unspecified atom stereocenters. The van der Waals surface area contributed by atoms with Crippen LogP contribution in [-0.2, 0) is 0 Å². The molecule has 0 N–H and O–H groups in total. The highest BCUT2D eigenvalue weighted by atomic mass is 79.9. The number of hydrogen-bond donors (Lipinski definition) is 0. The van der Waals surface area contributed by atoms with Crippen LogP contribution in [0.1, 0.15) is 82.8 Å². The first kappa shape index (κ1) is 27.9. The number of alkyl halides is 1. The van der Waals surface area contributed by atoms with Crippen LogP contribution in [0.15, 0.2) is 46.5 Å². The minimum atomic E-state index is -0.193. The standard InChI is InChI=1S/C12H16BrNOS.C12H17NOS/c1-8(13)11(15)10-9(6-5-7-14-10)16-12(2,3)4;1-5-9(14)11-10(7-6-8-13-11)15-12(2,3)4/h5-8H,1-4H3;6-8H,5H2,1-4H3. The van der Waals surface area contributed by atoms with Crippen LogP contribution in [-0.4, -0.2) is 35.9 Å². The monoisotopic (exact) mass is 524 g/mol. The first-order chi connectivity index (χ1) is 14.2. The number of carbonyl (C=O) groups excluding carboxylic acids is 2. The van der Waals surface area contributed by atoms with Gasteiger partial charge in [-0.15, -0.1) is 23.5 Å². The highest BCUT2D eigenvalue weighted by Gasteiger charge is 2.21. The summed E-state index contributed by atoms with van der Waals surface area (Å²) in [6.07, 6.45) is 3.85. The van der Waals surface area contributed by atoms with Gasteiger partial charge in [0.05, 0.1) is 4.83 Å². The van der Waals surface area contributed by atoms with E-state index in [9.17, 15) is 9.59 Å². The predicted molar refractivity (Wildman–Crippen MR) is 137 cm³/mol. The molecule has 170 valence electrons. The maximum absolute atomic E-state index is 11.9. The highest BCUT2D eigenvalue weighted by Crippen LogP contribution is 2.34. The van der Waals surface area contributed by atoms with Gasteiger partial charge in [-0.3, -0.25) is 19.6 Å². The van der Waals surface area contributed by atoms with Gasteiger partial charge in [0.25, 0.3) is 0 Å². The van der Waals surface area contributed by atoms with Crippen LogP contribution in [0.4, 0.5) is 0 Å². The van der Waals surface area contributed by atoms with Gasteiger partial charge in [0.15, 0.2) is 11.6 Å². The Balaban J connectivity index is 0.000000311. The van der Waals surface area contributed by atoms with Crippen molar-refractivity contribution in [1.29, 1.82) is 0 Å². The summed E-state index contributed by atoms with van der Waals surface area (Å²) in [7, 11) is 0. The number of thioether (sulfide) groups is 2. The van der Waals surface area contributed by atoms with Crippen molar-refractivity contribution in [2.24, 2.45) is 0 Å². The maximum Gasteiger partial charge on any atom is 0.195 e. The van der Waals surface area contributed by atoms with Crippen molar-refractivity contribution in [1.82, 2.24) is 9.97 Å². The summed E-state index contributed by atoms with van der Waals surface area (Å²) in [6.45, 7) is 16.4. The molecule has 0 radical (unpaired) electrons. The largest absolute Gasteiger partial charge is 0.292 e.